The van der Waals surface area contributed by atoms with Crippen LogP contribution in [0.3, 0.4) is 0 Å². The molecule has 0 amide bonds. The Bertz CT molecular complexity index is 386. The Morgan fingerprint density at radius 2 is 2.23 bits per heavy atom. The number of benzene rings is 1. The summed E-state index contributed by atoms with van der Waals surface area (Å²) in [5.41, 5.74) is 0.850. The van der Waals surface area contributed by atoms with Gasteiger partial charge in [-0.2, -0.15) is 5.26 Å². The molecule has 1 aromatic carbocycles. The maximum absolute atomic E-state index is 11.0. The highest BCUT2D eigenvalue weighted by Gasteiger charge is 2.09. The molecule has 0 N–H and O–H groups in total. The van der Waals surface area contributed by atoms with Crippen LogP contribution in [-0.2, 0) is 0 Å². The largest absolute Gasteiger partial charge is 0.295 e. The van der Waals surface area contributed by atoms with E-state index in [4.69, 9.17) is 16.9 Å². The molecule has 0 heterocycles. The van der Waals surface area contributed by atoms with E-state index in [9.17, 15) is 4.79 Å². The summed E-state index contributed by atoms with van der Waals surface area (Å²) >= 11 is 8.94. The van der Waals surface area contributed by atoms with E-state index in [-0.39, 0.29) is 5.78 Å². The first kappa shape index (κ1) is 10.2. The average Bonchev–Trinajstić information content (AvgIpc) is 2.03. The Morgan fingerprint density at radius 1 is 1.62 bits per heavy atom. The number of hydrogen-bond acceptors (Lipinski definition) is 2. The molecule has 0 aromatic heterocycles. The Balaban J connectivity index is 3.39. The quantitative estimate of drug-likeness (QED) is 0.726. The number of hydrogen-bond donors (Lipinski definition) is 0. The number of nitriles is 1. The van der Waals surface area contributed by atoms with Crippen molar-refractivity contribution >= 4 is 33.3 Å². The molecular formula is C9H5BrClNO. The van der Waals surface area contributed by atoms with Gasteiger partial charge in [0.25, 0.3) is 0 Å². The summed E-state index contributed by atoms with van der Waals surface area (Å²) in [7, 11) is 0. The molecule has 2 nitrogen and oxygen atoms in total. The van der Waals surface area contributed by atoms with Crippen molar-refractivity contribution in [2.24, 2.45) is 0 Å². The highest BCUT2D eigenvalue weighted by atomic mass is 79.9. The predicted molar refractivity (Wildman–Crippen MR) is 53.9 cm³/mol. The topological polar surface area (TPSA) is 40.9 Å². The molecule has 0 aliphatic heterocycles. The van der Waals surface area contributed by atoms with Crippen molar-refractivity contribution in [2.75, 3.05) is 0 Å². The molecule has 0 spiro atoms. The lowest BCUT2D eigenvalue weighted by Crippen LogP contribution is -1.93. The fourth-order valence-electron chi connectivity index (χ4n) is 0.883. The molecule has 0 saturated heterocycles. The van der Waals surface area contributed by atoms with Crippen LogP contribution in [0.4, 0.5) is 0 Å². The molecule has 0 aliphatic carbocycles. The van der Waals surface area contributed by atoms with Crippen LogP contribution in [0.15, 0.2) is 16.6 Å². The molecule has 0 aliphatic rings. The van der Waals surface area contributed by atoms with Crippen molar-refractivity contribution < 1.29 is 4.79 Å². The number of carbonyl (C=O) groups is 1. The standard InChI is InChI=1S/C9H5BrClNO/c1-5(13)6-2-8(10)7(4-12)9(11)3-6/h2-3H,1H3. The molecule has 13 heavy (non-hydrogen) atoms. The van der Waals surface area contributed by atoms with Gasteiger partial charge in [-0.3, -0.25) is 4.79 Å². The van der Waals surface area contributed by atoms with Crippen molar-refractivity contribution in [2.45, 2.75) is 6.92 Å². The second-order valence-corrected chi connectivity index (χ2v) is 3.74. The summed E-state index contributed by atoms with van der Waals surface area (Å²) in [6.45, 7) is 1.45. The van der Waals surface area contributed by atoms with E-state index in [0.29, 0.717) is 20.6 Å². The second kappa shape index (κ2) is 3.91. The summed E-state index contributed by atoms with van der Waals surface area (Å²) < 4.78 is 0.549. The van der Waals surface area contributed by atoms with E-state index >= 15 is 0 Å². The van der Waals surface area contributed by atoms with E-state index in [0.717, 1.165) is 0 Å². The maximum Gasteiger partial charge on any atom is 0.159 e. The van der Waals surface area contributed by atoms with Gasteiger partial charge in [-0.25, -0.2) is 0 Å². The Labute approximate surface area is 89.3 Å². The molecule has 0 saturated carbocycles. The van der Waals surface area contributed by atoms with Gasteiger partial charge in [0.1, 0.15) is 6.07 Å². The second-order valence-electron chi connectivity index (χ2n) is 2.48. The lowest BCUT2D eigenvalue weighted by molar-refractivity contribution is 0.101. The van der Waals surface area contributed by atoms with E-state index < -0.39 is 0 Å². The van der Waals surface area contributed by atoms with Gasteiger partial charge < -0.3 is 0 Å². The smallest absolute Gasteiger partial charge is 0.159 e. The fraction of sp³-hybridized carbons (Fsp3) is 0.111. The fourth-order valence-corrected chi connectivity index (χ4v) is 1.81. The monoisotopic (exact) mass is 257 g/mol. The van der Waals surface area contributed by atoms with Gasteiger partial charge in [-0.15, -0.1) is 0 Å². The number of rotatable bonds is 1. The van der Waals surface area contributed by atoms with Gasteiger partial charge in [-0.1, -0.05) is 11.6 Å². The minimum absolute atomic E-state index is 0.0768. The molecule has 0 fully saturated rings. The van der Waals surface area contributed by atoms with Crippen LogP contribution in [-0.4, -0.2) is 5.78 Å². The summed E-state index contributed by atoms with van der Waals surface area (Å²) in [6.07, 6.45) is 0. The first-order valence-electron chi connectivity index (χ1n) is 3.46. The van der Waals surface area contributed by atoms with E-state index in [1.165, 1.54) is 13.0 Å². The molecule has 0 atom stereocenters. The minimum atomic E-state index is -0.0768. The third-order valence-corrected chi connectivity index (χ3v) is 2.48. The predicted octanol–water partition coefficient (Wildman–Crippen LogP) is 3.18. The maximum atomic E-state index is 11.0. The number of carbonyl (C=O) groups excluding carboxylic acids is 1. The first-order chi connectivity index (χ1) is 6.06. The average molecular weight is 259 g/mol. The van der Waals surface area contributed by atoms with Crippen LogP contribution in [0.1, 0.15) is 22.8 Å². The lowest BCUT2D eigenvalue weighted by Gasteiger charge is -2.01. The number of nitrogens with zero attached hydrogens (tertiary/aromatic N) is 1. The van der Waals surface area contributed by atoms with Crippen molar-refractivity contribution in [3.05, 3.63) is 32.8 Å². The molecular weight excluding hydrogens is 253 g/mol. The molecule has 1 rings (SSSR count). The molecule has 4 heteroatoms. The van der Waals surface area contributed by atoms with Crippen molar-refractivity contribution in [3.63, 3.8) is 0 Å². The van der Waals surface area contributed by atoms with Crippen molar-refractivity contribution in [1.29, 1.82) is 5.26 Å². The normalized spacial score (nSPS) is 9.38. The number of ketones is 1. The van der Waals surface area contributed by atoms with Crippen LogP contribution in [0.5, 0.6) is 0 Å². The first-order valence-corrected chi connectivity index (χ1v) is 4.63. The Morgan fingerprint density at radius 3 is 2.62 bits per heavy atom. The van der Waals surface area contributed by atoms with Crippen LogP contribution >= 0.6 is 27.5 Å². The molecule has 0 bridgehead atoms. The SMILES string of the molecule is CC(=O)c1cc(Cl)c(C#N)c(Br)c1. The lowest BCUT2D eigenvalue weighted by atomic mass is 10.1. The van der Waals surface area contributed by atoms with Gasteiger partial charge in [0.15, 0.2) is 5.78 Å². The van der Waals surface area contributed by atoms with Gasteiger partial charge in [0, 0.05) is 10.0 Å². The zero-order chi connectivity index (χ0) is 10.0. The highest BCUT2D eigenvalue weighted by molar-refractivity contribution is 9.10. The highest BCUT2D eigenvalue weighted by Crippen LogP contribution is 2.26. The van der Waals surface area contributed by atoms with Crippen molar-refractivity contribution in [1.82, 2.24) is 0 Å². The van der Waals surface area contributed by atoms with E-state index in [1.54, 1.807) is 6.07 Å². The third-order valence-electron chi connectivity index (χ3n) is 1.56. The van der Waals surface area contributed by atoms with Crippen molar-refractivity contribution in [3.8, 4) is 6.07 Å². The number of Topliss-reactive ketones (excluding diaryl/α,β-unsaturated/α-hetero) is 1. The van der Waals surface area contributed by atoms with Crippen LogP contribution in [0, 0.1) is 11.3 Å². The molecule has 66 valence electrons. The van der Waals surface area contributed by atoms with Gasteiger partial charge in [0.2, 0.25) is 0 Å². The van der Waals surface area contributed by atoms with Crippen LogP contribution in [0.2, 0.25) is 5.02 Å². The molecule has 1 aromatic rings. The Hall–Kier alpha value is -0.850. The van der Waals surface area contributed by atoms with E-state index in [1.807, 2.05) is 6.07 Å². The summed E-state index contributed by atoms with van der Waals surface area (Å²) in [5, 5.41) is 8.97. The molecule has 0 unspecified atom stereocenters. The minimum Gasteiger partial charge on any atom is -0.295 e. The summed E-state index contributed by atoms with van der Waals surface area (Å²) in [6, 6.07) is 5.02. The van der Waals surface area contributed by atoms with Gasteiger partial charge >= 0.3 is 0 Å². The van der Waals surface area contributed by atoms with Gasteiger partial charge in [-0.05, 0) is 35.0 Å². The summed E-state index contributed by atoms with van der Waals surface area (Å²) in [4.78, 5) is 11.0. The Kier molecular flexibility index (Phi) is 3.07. The van der Waals surface area contributed by atoms with E-state index in [2.05, 4.69) is 15.9 Å². The third kappa shape index (κ3) is 2.09. The zero-order valence-corrected chi connectivity index (χ0v) is 9.11. The molecule has 0 radical (unpaired) electrons. The zero-order valence-electron chi connectivity index (χ0n) is 6.77. The van der Waals surface area contributed by atoms with Gasteiger partial charge in [0.05, 0.1) is 10.6 Å². The van der Waals surface area contributed by atoms with Crippen LogP contribution < -0.4 is 0 Å². The van der Waals surface area contributed by atoms with Crippen LogP contribution in [0.25, 0.3) is 0 Å². The summed E-state index contributed by atoms with van der Waals surface area (Å²) in [5.74, 6) is -0.0768. The number of halogens is 2.